The molecule has 1 aliphatic carbocycles. The lowest BCUT2D eigenvalue weighted by atomic mass is 10.1. The van der Waals surface area contributed by atoms with Crippen LogP contribution in [-0.4, -0.2) is 32.7 Å². The Morgan fingerprint density at radius 1 is 1.04 bits per heavy atom. The van der Waals surface area contributed by atoms with Gasteiger partial charge < -0.3 is 0 Å². The maximum absolute atomic E-state index is 11.6. The third-order valence-electron chi connectivity index (χ3n) is 4.91. The number of sulfone groups is 1. The molecule has 1 fully saturated rings. The van der Waals surface area contributed by atoms with Gasteiger partial charge in [0.1, 0.15) is 0 Å². The minimum absolute atomic E-state index is 0.266. The lowest BCUT2D eigenvalue weighted by molar-refractivity contribution is 0.247. The number of nitrogens with zero attached hydrogens (tertiary/aromatic N) is 1. The van der Waals surface area contributed by atoms with E-state index in [-0.39, 0.29) is 6.04 Å². The maximum atomic E-state index is 11.6. The molecule has 1 saturated carbocycles. The second kappa shape index (κ2) is 6.10. The Kier molecular flexibility index (Phi) is 4.30. The van der Waals surface area contributed by atoms with Crippen LogP contribution in [0.3, 0.4) is 0 Å². The summed E-state index contributed by atoms with van der Waals surface area (Å²) in [7, 11) is -0.972. The number of hydrogen-bond acceptors (Lipinski definition) is 3. The summed E-state index contributed by atoms with van der Waals surface area (Å²) in [5.74, 6) is 0.610. The van der Waals surface area contributed by atoms with E-state index in [0.29, 0.717) is 16.9 Å². The Labute approximate surface area is 138 Å². The summed E-state index contributed by atoms with van der Waals surface area (Å²) >= 11 is 0. The van der Waals surface area contributed by atoms with Crippen molar-refractivity contribution >= 4 is 9.84 Å². The molecular formula is C19H23NO2S. The summed E-state index contributed by atoms with van der Waals surface area (Å²) < 4.78 is 23.1. The van der Waals surface area contributed by atoms with Gasteiger partial charge in [0.2, 0.25) is 0 Å². The van der Waals surface area contributed by atoms with Crippen LogP contribution < -0.4 is 0 Å². The van der Waals surface area contributed by atoms with E-state index in [4.69, 9.17) is 0 Å². The molecule has 0 bridgehead atoms. The number of rotatable bonds is 5. The lowest BCUT2D eigenvalue weighted by Gasteiger charge is -2.26. The van der Waals surface area contributed by atoms with Crippen molar-refractivity contribution in [2.24, 2.45) is 0 Å². The molecule has 0 heterocycles. The predicted molar refractivity (Wildman–Crippen MR) is 93.3 cm³/mol. The molecule has 3 rings (SSSR count). The van der Waals surface area contributed by atoms with Crippen molar-refractivity contribution in [1.82, 2.24) is 4.90 Å². The molecule has 0 spiro atoms. The summed E-state index contributed by atoms with van der Waals surface area (Å²) in [6.07, 6.45) is 2.43. The van der Waals surface area contributed by atoms with Gasteiger partial charge >= 0.3 is 0 Å². The highest BCUT2D eigenvalue weighted by atomic mass is 32.2. The van der Waals surface area contributed by atoms with E-state index in [2.05, 4.69) is 49.2 Å². The van der Waals surface area contributed by atoms with E-state index in [9.17, 15) is 8.42 Å². The zero-order valence-electron chi connectivity index (χ0n) is 13.8. The Bertz CT molecular complexity index is 769. The van der Waals surface area contributed by atoms with Crippen LogP contribution in [0.25, 0.3) is 0 Å². The Balaban J connectivity index is 1.70. The van der Waals surface area contributed by atoms with Crippen LogP contribution in [0.5, 0.6) is 0 Å². The van der Waals surface area contributed by atoms with Gasteiger partial charge in [0.15, 0.2) is 9.84 Å². The minimum atomic E-state index is -3.13. The molecule has 0 N–H and O–H groups in total. The summed E-state index contributed by atoms with van der Waals surface area (Å²) in [6, 6.07) is 18.7. The first-order valence-corrected chi connectivity index (χ1v) is 9.84. The van der Waals surface area contributed by atoms with Crippen LogP contribution in [0, 0.1) is 0 Å². The average molecular weight is 329 g/mol. The fourth-order valence-corrected chi connectivity index (χ4v) is 3.84. The minimum Gasteiger partial charge on any atom is -0.296 e. The molecule has 122 valence electrons. The molecular weight excluding hydrogens is 306 g/mol. The number of hydrogen-bond donors (Lipinski definition) is 0. The van der Waals surface area contributed by atoms with Gasteiger partial charge in [-0.05, 0) is 43.7 Å². The normalized spacial score (nSPS) is 22.1. The molecule has 0 amide bonds. The third kappa shape index (κ3) is 3.48. The first-order valence-electron chi connectivity index (χ1n) is 7.95. The van der Waals surface area contributed by atoms with Crippen molar-refractivity contribution < 1.29 is 8.42 Å². The first kappa shape index (κ1) is 16.2. The van der Waals surface area contributed by atoms with E-state index in [1.807, 2.05) is 12.1 Å². The van der Waals surface area contributed by atoms with E-state index >= 15 is 0 Å². The largest absolute Gasteiger partial charge is 0.296 e. The van der Waals surface area contributed by atoms with Crippen LogP contribution >= 0.6 is 0 Å². The topological polar surface area (TPSA) is 37.4 Å². The van der Waals surface area contributed by atoms with Crippen molar-refractivity contribution in [3.05, 3.63) is 65.7 Å². The highest BCUT2D eigenvalue weighted by Gasteiger charge is 2.42. The predicted octanol–water partition coefficient (Wildman–Crippen LogP) is 3.64. The number of benzene rings is 2. The second-order valence-corrected chi connectivity index (χ2v) is 8.52. The summed E-state index contributed by atoms with van der Waals surface area (Å²) in [5.41, 5.74) is 2.56. The monoisotopic (exact) mass is 329 g/mol. The quantitative estimate of drug-likeness (QED) is 0.840. The fraction of sp³-hybridized carbons (Fsp3) is 0.368. The van der Waals surface area contributed by atoms with E-state index in [1.54, 1.807) is 12.1 Å². The second-order valence-electron chi connectivity index (χ2n) is 6.50. The van der Waals surface area contributed by atoms with Gasteiger partial charge in [-0.25, -0.2) is 8.42 Å². The van der Waals surface area contributed by atoms with Crippen molar-refractivity contribution in [3.63, 3.8) is 0 Å². The van der Waals surface area contributed by atoms with Gasteiger partial charge in [-0.3, -0.25) is 4.90 Å². The summed E-state index contributed by atoms with van der Waals surface area (Å²) in [5, 5.41) is 0. The van der Waals surface area contributed by atoms with Crippen molar-refractivity contribution in [3.8, 4) is 0 Å². The van der Waals surface area contributed by atoms with Crippen LogP contribution in [0.1, 0.15) is 36.4 Å². The number of likely N-dealkylation sites (N-methyl/N-ethyl adjacent to an activating group) is 1. The summed E-state index contributed by atoms with van der Waals surface area (Å²) in [6.45, 7) is 2.18. The molecule has 0 radical (unpaired) electrons. The van der Waals surface area contributed by atoms with Gasteiger partial charge in [0, 0.05) is 24.3 Å². The highest BCUT2D eigenvalue weighted by molar-refractivity contribution is 7.90. The smallest absolute Gasteiger partial charge is 0.175 e. The Morgan fingerprint density at radius 2 is 1.65 bits per heavy atom. The van der Waals surface area contributed by atoms with Crippen molar-refractivity contribution in [2.45, 2.75) is 36.2 Å². The molecule has 3 nitrogen and oxygen atoms in total. The molecule has 4 heteroatoms. The maximum Gasteiger partial charge on any atom is 0.175 e. The van der Waals surface area contributed by atoms with Gasteiger partial charge in [0.05, 0.1) is 4.90 Å². The van der Waals surface area contributed by atoms with E-state index in [0.717, 1.165) is 5.56 Å². The van der Waals surface area contributed by atoms with E-state index < -0.39 is 9.84 Å². The Hall–Kier alpha value is -1.65. The highest BCUT2D eigenvalue weighted by Crippen LogP contribution is 2.46. The van der Waals surface area contributed by atoms with Crippen LogP contribution in [0.2, 0.25) is 0 Å². The molecule has 1 aliphatic rings. The van der Waals surface area contributed by atoms with Crippen molar-refractivity contribution in [2.75, 3.05) is 13.3 Å². The molecule has 0 aliphatic heterocycles. The molecule has 0 saturated heterocycles. The first-order chi connectivity index (χ1) is 10.9. The van der Waals surface area contributed by atoms with Gasteiger partial charge in [0.25, 0.3) is 0 Å². The van der Waals surface area contributed by atoms with E-state index in [1.165, 1.54) is 18.2 Å². The summed E-state index contributed by atoms with van der Waals surface area (Å²) in [4.78, 5) is 2.78. The van der Waals surface area contributed by atoms with Crippen molar-refractivity contribution in [1.29, 1.82) is 0 Å². The van der Waals surface area contributed by atoms with Crippen LogP contribution in [0.4, 0.5) is 0 Å². The SMILES string of the molecule is C[C@@H](c1ccc(S(C)(=O)=O)cc1)N(C)[C@H]1C[C@H]1c1ccccc1. The average Bonchev–Trinajstić information content (AvgIpc) is 3.34. The zero-order chi connectivity index (χ0) is 16.6. The molecule has 0 aromatic heterocycles. The third-order valence-corrected chi connectivity index (χ3v) is 6.04. The Morgan fingerprint density at radius 3 is 2.22 bits per heavy atom. The molecule has 2 aromatic carbocycles. The standard InChI is InChI=1S/C19H23NO2S/c1-14(15-9-11-17(12-10-15)23(3,21)22)20(2)19-13-18(19)16-7-5-4-6-8-16/h4-12,14,18-19H,13H2,1-3H3/t14-,18-,19-/m0/s1. The van der Waals surface area contributed by atoms with Gasteiger partial charge in [-0.2, -0.15) is 0 Å². The zero-order valence-corrected chi connectivity index (χ0v) is 14.6. The molecule has 3 atom stereocenters. The molecule has 2 aromatic rings. The van der Waals surface area contributed by atoms with Gasteiger partial charge in [-0.1, -0.05) is 42.5 Å². The van der Waals surface area contributed by atoms with Gasteiger partial charge in [-0.15, -0.1) is 0 Å². The van der Waals surface area contributed by atoms with Crippen LogP contribution in [-0.2, 0) is 9.84 Å². The molecule has 0 unspecified atom stereocenters. The van der Waals surface area contributed by atoms with Crippen LogP contribution in [0.15, 0.2) is 59.5 Å². The fourth-order valence-electron chi connectivity index (χ4n) is 3.21. The molecule has 23 heavy (non-hydrogen) atoms. The lowest BCUT2D eigenvalue weighted by Crippen LogP contribution is -2.25.